The van der Waals surface area contributed by atoms with Gasteiger partial charge in [0.1, 0.15) is 5.75 Å². The Morgan fingerprint density at radius 3 is 2.52 bits per heavy atom. The average molecular weight is 381 g/mol. The molecule has 0 saturated carbocycles. The van der Waals surface area contributed by atoms with E-state index in [2.05, 4.69) is 55.3 Å². The van der Waals surface area contributed by atoms with E-state index in [1.54, 1.807) is 0 Å². The molecule has 0 unspecified atom stereocenters. The van der Waals surface area contributed by atoms with Gasteiger partial charge in [0.15, 0.2) is 11.7 Å². The number of anilines is 1. The number of amides is 1. The number of hydrogen-bond donors (Lipinski definition) is 1. The van der Waals surface area contributed by atoms with Crippen LogP contribution in [0.5, 0.6) is 5.75 Å². The molecule has 0 spiro atoms. The normalized spacial score (nSPS) is 10.9. The number of carbonyl (C=O) groups excluding carboxylic acids is 1. The second-order valence-electron chi connectivity index (χ2n) is 6.94. The van der Waals surface area contributed by atoms with Gasteiger partial charge in [-0.2, -0.15) is 0 Å². The standard InChI is InChI=1S/C22H24N2O2S/c1-14(2)18-10-7-16(4)11-20(18)26-12-21(25)24-22-23-19(13-27-22)17-8-5-15(3)6-9-17/h5-11,13-14H,12H2,1-4H3,(H,23,24,25). The molecule has 1 amide bonds. The first-order valence-electron chi connectivity index (χ1n) is 8.98. The van der Waals surface area contributed by atoms with E-state index in [-0.39, 0.29) is 12.5 Å². The van der Waals surface area contributed by atoms with Crippen molar-refractivity contribution >= 4 is 22.4 Å². The van der Waals surface area contributed by atoms with Crippen molar-refractivity contribution in [2.24, 2.45) is 0 Å². The third-order valence-electron chi connectivity index (χ3n) is 4.25. The van der Waals surface area contributed by atoms with Gasteiger partial charge in [0.25, 0.3) is 5.91 Å². The van der Waals surface area contributed by atoms with E-state index in [1.165, 1.54) is 16.9 Å². The predicted octanol–water partition coefficient (Wildman–Crippen LogP) is 5.57. The summed E-state index contributed by atoms with van der Waals surface area (Å²) in [4.78, 5) is 16.8. The van der Waals surface area contributed by atoms with Gasteiger partial charge in [-0.3, -0.25) is 10.1 Å². The minimum absolute atomic E-state index is 0.0391. The number of aryl methyl sites for hydroxylation is 2. The monoisotopic (exact) mass is 380 g/mol. The summed E-state index contributed by atoms with van der Waals surface area (Å²) in [6, 6.07) is 14.3. The Balaban J connectivity index is 1.62. The molecular formula is C22H24N2O2S. The Labute approximate surface area is 164 Å². The topological polar surface area (TPSA) is 51.2 Å². The average Bonchev–Trinajstić information content (AvgIpc) is 3.08. The van der Waals surface area contributed by atoms with Crippen molar-refractivity contribution in [3.63, 3.8) is 0 Å². The summed E-state index contributed by atoms with van der Waals surface area (Å²) in [7, 11) is 0. The lowest BCUT2D eigenvalue weighted by atomic mass is 10.0. The molecule has 0 aliphatic rings. The first-order chi connectivity index (χ1) is 12.9. The minimum Gasteiger partial charge on any atom is -0.483 e. The summed E-state index contributed by atoms with van der Waals surface area (Å²) in [6.07, 6.45) is 0. The van der Waals surface area contributed by atoms with Crippen LogP contribution in [0, 0.1) is 13.8 Å². The number of benzene rings is 2. The fourth-order valence-corrected chi connectivity index (χ4v) is 3.47. The zero-order chi connectivity index (χ0) is 19.4. The van der Waals surface area contributed by atoms with E-state index in [1.807, 2.05) is 30.5 Å². The molecule has 1 N–H and O–H groups in total. The summed E-state index contributed by atoms with van der Waals surface area (Å²) in [6.45, 7) is 8.25. The number of aromatic nitrogens is 1. The maximum Gasteiger partial charge on any atom is 0.264 e. The first-order valence-corrected chi connectivity index (χ1v) is 9.86. The van der Waals surface area contributed by atoms with Gasteiger partial charge in [-0.1, -0.05) is 55.8 Å². The number of thiazole rings is 1. The van der Waals surface area contributed by atoms with Crippen LogP contribution in [0.4, 0.5) is 5.13 Å². The van der Waals surface area contributed by atoms with Crippen LogP contribution in [0.1, 0.15) is 36.5 Å². The van der Waals surface area contributed by atoms with Gasteiger partial charge in [-0.05, 0) is 37.0 Å². The molecule has 4 nitrogen and oxygen atoms in total. The van der Waals surface area contributed by atoms with Gasteiger partial charge in [0.05, 0.1) is 5.69 Å². The molecule has 1 heterocycles. The van der Waals surface area contributed by atoms with Crippen LogP contribution in [-0.2, 0) is 4.79 Å². The summed E-state index contributed by atoms with van der Waals surface area (Å²) in [5, 5.41) is 5.34. The summed E-state index contributed by atoms with van der Waals surface area (Å²) < 4.78 is 5.78. The fourth-order valence-electron chi connectivity index (χ4n) is 2.73. The van der Waals surface area contributed by atoms with Gasteiger partial charge in [0, 0.05) is 10.9 Å². The smallest absolute Gasteiger partial charge is 0.264 e. The number of nitrogens with one attached hydrogen (secondary N) is 1. The molecule has 0 aliphatic carbocycles. The quantitative estimate of drug-likeness (QED) is 0.608. The highest BCUT2D eigenvalue weighted by Crippen LogP contribution is 2.28. The van der Waals surface area contributed by atoms with Gasteiger partial charge >= 0.3 is 0 Å². The third kappa shape index (κ3) is 4.95. The zero-order valence-corrected chi connectivity index (χ0v) is 16.9. The van der Waals surface area contributed by atoms with Crippen LogP contribution in [0.15, 0.2) is 47.8 Å². The number of ether oxygens (including phenoxy) is 1. The highest BCUT2D eigenvalue weighted by Gasteiger charge is 2.12. The van der Waals surface area contributed by atoms with Crippen LogP contribution in [-0.4, -0.2) is 17.5 Å². The van der Waals surface area contributed by atoms with E-state index < -0.39 is 0 Å². The fraction of sp³-hybridized carbons (Fsp3) is 0.273. The minimum atomic E-state index is -0.212. The molecule has 140 valence electrons. The molecule has 27 heavy (non-hydrogen) atoms. The molecule has 0 saturated heterocycles. The first kappa shape index (κ1) is 19.1. The predicted molar refractivity (Wildman–Crippen MR) is 112 cm³/mol. The number of rotatable bonds is 6. The van der Waals surface area contributed by atoms with E-state index in [0.29, 0.717) is 11.0 Å². The van der Waals surface area contributed by atoms with Crippen LogP contribution >= 0.6 is 11.3 Å². The van der Waals surface area contributed by atoms with Gasteiger partial charge in [-0.15, -0.1) is 11.3 Å². The van der Waals surface area contributed by atoms with Gasteiger partial charge < -0.3 is 4.74 Å². The Bertz CT molecular complexity index is 930. The highest BCUT2D eigenvalue weighted by atomic mass is 32.1. The van der Waals surface area contributed by atoms with Gasteiger partial charge in [-0.25, -0.2) is 4.98 Å². The number of carbonyl (C=O) groups is 1. The molecule has 3 rings (SSSR count). The van der Waals surface area contributed by atoms with Crippen LogP contribution < -0.4 is 10.1 Å². The van der Waals surface area contributed by atoms with Gasteiger partial charge in [0.2, 0.25) is 0 Å². The Morgan fingerprint density at radius 2 is 1.81 bits per heavy atom. The third-order valence-corrected chi connectivity index (χ3v) is 5.01. The molecule has 5 heteroatoms. The summed E-state index contributed by atoms with van der Waals surface area (Å²) in [5.41, 5.74) is 5.31. The lowest BCUT2D eigenvalue weighted by Crippen LogP contribution is -2.20. The Kier molecular flexibility index (Phi) is 5.91. The SMILES string of the molecule is Cc1ccc(-c2csc(NC(=O)COc3cc(C)ccc3C(C)C)n2)cc1. The van der Waals surface area contributed by atoms with E-state index in [9.17, 15) is 4.79 Å². The zero-order valence-electron chi connectivity index (χ0n) is 16.1. The number of nitrogens with zero attached hydrogens (tertiary/aromatic N) is 1. The van der Waals surface area contributed by atoms with Crippen molar-refractivity contribution in [1.29, 1.82) is 0 Å². The van der Waals surface area contributed by atoms with Crippen molar-refractivity contribution in [3.8, 4) is 17.0 Å². The second kappa shape index (κ2) is 8.35. The molecule has 0 fully saturated rings. The Morgan fingerprint density at radius 1 is 1.11 bits per heavy atom. The van der Waals surface area contributed by atoms with Crippen molar-refractivity contribution in [3.05, 3.63) is 64.5 Å². The molecule has 0 bridgehead atoms. The molecule has 3 aromatic rings. The van der Waals surface area contributed by atoms with E-state index >= 15 is 0 Å². The molecule has 2 aromatic carbocycles. The molecular weight excluding hydrogens is 356 g/mol. The van der Waals surface area contributed by atoms with Crippen molar-refractivity contribution in [1.82, 2.24) is 4.98 Å². The Hall–Kier alpha value is -2.66. The van der Waals surface area contributed by atoms with E-state index in [0.717, 1.165) is 28.1 Å². The van der Waals surface area contributed by atoms with Crippen molar-refractivity contribution in [2.45, 2.75) is 33.6 Å². The van der Waals surface area contributed by atoms with Crippen LogP contribution in [0.25, 0.3) is 11.3 Å². The van der Waals surface area contributed by atoms with Crippen LogP contribution in [0.2, 0.25) is 0 Å². The maximum atomic E-state index is 12.3. The second-order valence-corrected chi connectivity index (χ2v) is 7.79. The molecule has 0 aliphatic heterocycles. The molecule has 1 aromatic heterocycles. The molecule has 0 atom stereocenters. The lowest BCUT2D eigenvalue weighted by Gasteiger charge is -2.14. The summed E-state index contributed by atoms with van der Waals surface area (Å²) in [5.74, 6) is 0.885. The maximum absolute atomic E-state index is 12.3. The molecule has 0 radical (unpaired) electrons. The summed E-state index contributed by atoms with van der Waals surface area (Å²) >= 11 is 1.41. The van der Waals surface area contributed by atoms with E-state index in [4.69, 9.17) is 4.74 Å². The van der Waals surface area contributed by atoms with Crippen molar-refractivity contribution < 1.29 is 9.53 Å². The lowest BCUT2D eigenvalue weighted by molar-refractivity contribution is -0.118. The number of hydrogen-bond acceptors (Lipinski definition) is 4. The van der Waals surface area contributed by atoms with Crippen LogP contribution in [0.3, 0.4) is 0 Å². The largest absolute Gasteiger partial charge is 0.483 e. The van der Waals surface area contributed by atoms with Crippen molar-refractivity contribution in [2.75, 3.05) is 11.9 Å². The highest BCUT2D eigenvalue weighted by molar-refractivity contribution is 7.14.